The first-order valence-electron chi connectivity index (χ1n) is 13.5. The number of pyridine rings is 1. The number of likely N-dealkylation sites (N-methyl/N-ethyl adjacent to an activating group) is 1. The summed E-state index contributed by atoms with van der Waals surface area (Å²) >= 11 is 0. The van der Waals surface area contributed by atoms with Gasteiger partial charge in [-0.05, 0) is 37.3 Å². The Morgan fingerprint density at radius 3 is 2.61 bits per heavy atom. The number of carbonyl (C=O) groups excluding carboxylic acids is 2. The fraction of sp³-hybridized carbons (Fsp3) is 0.276. The van der Waals surface area contributed by atoms with Crippen molar-refractivity contribution in [3.63, 3.8) is 0 Å². The van der Waals surface area contributed by atoms with Crippen LogP contribution in [-0.2, 0) is 14.3 Å². The normalized spacial score (nSPS) is 17.6. The van der Waals surface area contributed by atoms with Gasteiger partial charge in [0.15, 0.2) is 17.6 Å². The van der Waals surface area contributed by atoms with E-state index < -0.39 is 58.9 Å². The first-order chi connectivity index (χ1) is 21.0. The van der Waals surface area contributed by atoms with Crippen molar-refractivity contribution in [2.45, 2.75) is 25.5 Å². The highest BCUT2D eigenvalue weighted by Gasteiger charge is 2.40. The van der Waals surface area contributed by atoms with Crippen molar-refractivity contribution in [1.29, 1.82) is 5.41 Å². The molecule has 3 heterocycles. The minimum atomic E-state index is -1.48. The molecular weight excluding hydrogens is 582 g/mol. The molecule has 0 bridgehead atoms. The molecule has 0 spiro atoms. The summed E-state index contributed by atoms with van der Waals surface area (Å²) in [6.07, 6.45) is -1.75. The van der Waals surface area contributed by atoms with E-state index in [1.165, 1.54) is 12.1 Å². The second-order valence-corrected chi connectivity index (χ2v) is 9.79. The molecule has 2 unspecified atom stereocenters. The van der Waals surface area contributed by atoms with Gasteiger partial charge in [0.2, 0.25) is 17.4 Å². The lowest BCUT2D eigenvalue weighted by Crippen LogP contribution is -2.35. The maximum atomic E-state index is 15.9. The molecule has 3 aromatic rings. The highest BCUT2D eigenvalue weighted by atomic mass is 19.1. The number of aliphatic imine (C=N–C) groups is 1. The van der Waals surface area contributed by atoms with E-state index in [4.69, 9.17) is 30.1 Å². The van der Waals surface area contributed by atoms with E-state index >= 15 is 8.78 Å². The molecule has 1 aromatic heterocycles. The quantitative estimate of drug-likeness (QED) is 0.151. The third-order valence-electron chi connectivity index (χ3n) is 6.71. The number of aromatic hydroxyl groups is 1. The predicted molar refractivity (Wildman–Crippen MR) is 151 cm³/mol. The molecule has 5 N–H and O–H groups in total. The van der Waals surface area contributed by atoms with Gasteiger partial charge in [-0.25, -0.2) is 4.79 Å². The van der Waals surface area contributed by atoms with Gasteiger partial charge in [-0.15, -0.1) is 0 Å². The van der Waals surface area contributed by atoms with Crippen LogP contribution in [0.4, 0.5) is 8.78 Å². The minimum absolute atomic E-state index is 0.0637. The Kier molecular flexibility index (Phi) is 8.46. The van der Waals surface area contributed by atoms with Gasteiger partial charge in [0.1, 0.15) is 23.5 Å². The van der Waals surface area contributed by atoms with E-state index in [1.807, 2.05) is 11.9 Å². The largest absolute Gasteiger partial charge is 0.504 e. The molecular formula is C29H28F2N6O7. The van der Waals surface area contributed by atoms with Crippen LogP contribution in [-0.4, -0.2) is 77.4 Å². The molecule has 0 aliphatic carbocycles. The van der Waals surface area contributed by atoms with Crippen molar-refractivity contribution < 1.29 is 42.4 Å². The highest BCUT2D eigenvalue weighted by Crippen LogP contribution is 2.40. The number of aromatic nitrogens is 1. The molecule has 2 aliphatic heterocycles. The number of nitrogens with one attached hydrogen (secondary N) is 2. The molecule has 15 heteroatoms. The smallest absolute Gasteiger partial charge is 0.328 e. The maximum absolute atomic E-state index is 15.9. The second-order valence-electron chi connectivity index (χ2n) is 9.79. The second kappa shape index (κ2) is 12.4. The van der Waals surface area contributed by atoms with Crippen molar-refractivity contribution in [3.8, 4) is 34.8 Å². The number of esters is 1. The predicted octanol–water partition coefficient (Wildman–Crippen LogP) is 2.83. The van der Waals surface area contributed by atoms with Crippen LogP contribution >= 0.6 is 0 Å². The number of rotatable bonds is 10. The molecule has 13 nitrogen and oxygen atoms in total. The van der Waals surface area contributed by atoms with Crippen LogP contribution in [0, 0.1) is 17.0 Å². The maximum Gasteiger partial charge on any atom is 0.328 e. The number of phenols is 1. The molecule has 2 aromatic carbocycles. The number of halogens is 2. The first kappa shape index (κ1) is 30.0. The summed E-state index contributed by atoms with van der Waals surface area (Å²) < 4.78 is 53.2. The van der Waals surface area contributed by atoms with E-state index in [1.54, 1.807) is 25.1 Å². The van der Waals surface area contributed by atoms with Gasteiger partial charge >= 0.3 is 5.97 Å². The van der Waals surface area contributed by atoms with Crippen LogP contribution in [0.25, 0.3) is 0 Å². The van der Waals surface area contributed by atoms with Crippen molar-refractivity contribution in [2.24, 2.45) is 10.7 Å². The lowest BCUT2D eigenvalue weighted by molar-refractivity contribution is -0.145. The molecule has 1 saturated heterocycles. The number of phenolic OH excluding ortho intramolecular Hbond substituents is 1. The Hall–Kier alpha value is -5.47. The van der Waals surface area contributed by atoms with Crippen molar-refractivity contribution in [3.05, 3.63) is 65.2 Å². The molecule has 1 amide bonds. The molecule has 2 atom stereocenters. The number of amides is 1. The number of amidine groups is 2. The minimum Gasteiger partial charge on any atom is -0.504 e. The Bertz CT molecular complexity index is 1670. The number of hydrogen-bond acceptors (Lipinski definition) is 11. The molecule has 2 aliphatic rings. The summed E-state index contributed by atoms with van der Waals surface area (Å²) in [4.78, 5) is 34.9. The van der Waals surface area contributed by atoms with Crippen LogP contribution in [0.3, 0.4) is 0 Å². The van der Waals surface area contributed by atoms with Crippen LogP contribution < -0.4 is 25.3 Å². The number of hydrogen-bond donors (Lipinski definition) is 4. The van der Waals surface area contributed by atoms with Crippen LogP contribution in [0.2, 0.25) is 0 Å². The van der Waals surface area contributed by atoms with Crippen LogP contribution in [0.15, 0.2) is 47.5 Å². The van der Waals surface area contributed by atoms with Crippen LogP contribution in [0.1, 0.15) is 24.5 Å². The Balaban J connectivity index is 1.53. The van der Waals surface area contributed by atoms with Crippen molar-refractivity contribution in [2.75, 3.05) is 26.7 Å². The van der Waals surface area contributed by atoms with Gasteiger partial charge < -0.3 is 40.0 Å². The van der Waals surface area contributed by atoms with E-state index in [0.717, 1.165) is 18.7 Å². The van der Waals surface area contributed by atoms with Gasteiger partial charge in [-0.3, -0.25) is 15.2 Å². The summed E-state index contributed by atoms with van der Waals surface area (Å²) in [5, 5.41) is 20.3. The third-order valence-corrected chi connectivity index (χ3v) is 6.71. The van der Waals surface area contributed by atoms with E-state index in [-0.39, 0.29) is 35.9 Å². The lowest BCUT2D eigenvalue weighted by Gasteiger charge is -2.18. The zero-order valence-corrected chi connectivity index (χ0v) is 23.6. The van der Waals surface area contributed by atoms with Gasteiger partial charge in [-0.1, -0.05) is 12.1 Å². The van der Waals surface area contributed by atoms with Gasteiger partial charge in [0.25, 0.3) is 17.7 Å². The average molecular weight is 611 g/mol. The SMILES string of the molecule is CCOC(=O)C1CC(Oc2c(F)c(Oc3cccc(C4=NCCN4C)c3)nc(Oc3cc(C(=N)N)ccc3O)c2F)C(=O)N1. The Labute approximate surface area is 249 Å². The molecule has 0 saturated carbocycles. The Morgan fingerprint density at radius 2 is 1.93 bits per heavy atom. The first-order valence-corrected chi connectivity index (χ1v) is 13.5. The molecule has 44 heavy (non-hydrogen) atoms. The van der Waals surface area contributed by atoms with Crippen LogP contribution in [0.5, 0.6) is 34.8 Å². The fourth-order valence-electron chi connectivity index (χ4n) is 4.53. The summed E-state index contributed by atoms with van der Waals surface area (Å²) in [6.45, 7) is 2.98. The summed E-state index contributed by atoms with van der Waals surface area (Å²) in [6, 6.07) is 9.10. The standard InChI is InChI=1S/C29H28F2N6O7/c1-3-41-29(40)17-13-20(26(39)35-17)43-23-21(30)27(42-16-6-4-5-15(11-16)25-34-9-10-37(25)2)36-28(22(23)31)44-19-12-14(24(32)33)7-8-18(19)38/h4-8,11-12,17,20,38H,3,9-10,13H2,1-2H3,(H3,32,33)(H,35,39). The zero-order chi connectivity index (χ0) is 31.5. The number of nitrogen functional groups attached to an aromatic ring is 1. The van der Waals surface area contributed by atoms with Gasteiger partial charge in [0.05, 0.1) is 13.2 Å². The zero-order valence-electron chi connectivity index (χ0n) is 23.6. The summed E-state index contributed by atoms with van der Waals surface area (Å²) in [5.74, 6) is -7.52. The number of nitrogens with zero attached hydrogens (tertiary/aromatic N) is 3. The van der Waals surface area contributed by atoms with Gasteiger partial charge in [0, 0.05) is 31.1 Å². The number of nitrogens with two attached hydrogens (primary N) is 1. The molecule has 1 fully saturated rings. The van der Waals surface area contributed by atoms with E-state index in [9.17, 15) is 14.7 Å². The summed E-state index contributed by atoms with van der Waals surface area (Å²) in [5.41, 5.74) is 6.33. The monoisotopic (exact) mass is 610 g/mol. The number of ether oxygens (including phenoxy) is 4. The fourth-order valence-corrected chi connectivity index (χ4v) is 4.53. The van der Waals surface area contributed by atoms with Crippen molar-refractivity contribution >= 4 is 23.5 Å². The highest BCUT2D eigenvalue weighted by molar-refractivity contribution is 6.00. The summed E-state index contributed by atoms with van der Waals surface area (Å²) in [7, 11) is 1.87. The van der Waals surface area contributed by atoms with Gasteiger partial charge in [-0.2, -0.15) is 13.8 Å². The topological polar surface area (TPSA) is 182 Å². The number of carbonyl (C=O) groups is 2. The molecule has 0 radical (unpaired) electrons. The third kappa shape index (κ3) is 6.16. The van der Waals surface area contributed by atoms with Crippen molar-refractivity contribution in [1.82, 2.24) is 15.2 Å². The van der Waals surface area contributed by atoms with E-state index in [0.29, 0.717) is 17.9 Å². The molecule has 230 valence electrons. The lowest BCUT2D eigenvalue weighted by atomic mass is 10.2. The van der Waals surface area contributed by atoms with E-state index in [2.05, 4.69) is 15.3 Å². The Morgan fingerprint density at radius 1 is 1.18 bits per heavy atom. The average Bonchev–Trinajstić information content (AvgIpc) is 3.59. The number of benzene rings is 2. The molecule has 5 rings (SSSR count).